The summed E-state index contributed by atoms with van der Waals surface area (Å²) < 4.78 is 1.93. The molecule has 2 aromatic rings. The molecule has 1 unspecified atom stereocenters. The van der Waals surface area contributed by atoms with E-state index in [1.807, 2.05) is 48.0 Å². The Labute approximate surface area is 189 Å². The first-order chi connectivity index (χ1) is 14.9. The predicted molar refractivity (Wildman–Crippen MR) is 125 cm³/mol. The second-order valence-corrected chi connectivity index (χ2v) is 9.03. The van der Waals surface area contributed by atoms with Gasteiger partial charge >= 0.3 is 0 Å². The van der Waals surface area contributed by atoms with Crippen LogP contribution in [0.25, 0.3) is 0 Å². The van der Waals surface area contributed by atoms with Gasteiger partial charge < -0.3 is 10.2 Å². The Morgan fingerprint density at radius 3 is 2.39 bits per heavy atom. The van der Waals surface area contributed by atoms with Gasteiger partial charge in [-0.25, -0.2) is 0 Å². The van der Waals surface area contributed by atoms with Crippen molar-refractivity contribution in [3.05, 3.63) is 52.8 Å². The highest BCUT2D eigenvalue weighted by molar-refractivity contribution is 7.98. The Balaban J connectivity index is 1.58. The molecule has 0 spiro atoms. The van der Waals surface area contributed by atoms with Gasteiger partial charge in [-0.1, -0.05) is 18.2 Å². The molecule has 1 N–H and O–H groups in total. The molecule has 0 aliphatic carbocycles. The molecule has 0 radical (unpaired) electrons. The van der Waals surface area contributed by atoms with Gasteiger partial charge in [-0.2, -0.15) is 16.9 Å². The van der Waals surface area contributed by atoms with Crippen LogP contribution in [0.3, 0.4) is 0 Å². The van der Waals surface area contributed by atoms with Crippen LogP contribution in [0.5, 0.6) is 0 Å². The van der Waals surface area contributed by atoms with E-state index in [2.05, 4.69) is 22.2 Å². The predicted octanol–water partition coefficient (Wildman–Crippen LogP) is 2.23. The minimum Gasteiger partial charge on any atom is -0.340 e. The van der Waals surface area contributed by atoms with Crippen molar-refractivity contribution in [2.75, 3.05) is 38.2 Å². The number of rotatable bonds is 8. The van der Waals surface area contributed by atoms with Crippen LogP contribution in [0.1, 0.15) is 33.7 Å². The van der Waals surface area contributed by atoms with Crippen molar-refractivity contribution in [1.29, 1.82) is 0 Å². The molecule has 1 aromatic carbocycles. The molecule has 3 rings (SSSR count). The molecule has 0 saturated carbocycles. The highest BCUT2D eigenvalue weighted by Crippen LogP contribution is 2.17. The van der Waals surface area contributed by atoms with Gasteiger partial charge in [0.05, 0.1) is 5.69 Å². The van der Waals surface area contributed by atoms with E-state index in [9.17, 15) is 9.59 Å². The largest absolute Gasteiger partial charge is 0.340 e. The minimum absolute atomic E-state index is 0.0201. The fourth-order valence-electron chi connectivity index (χ4n) is 3.94. The van der Waals surface area contributed by atoms with Gasteiger partial charge in [0.25, 0.3) is 5.91 Å². The van der Waals surface area contributed by atoms with Gasteiger partial charge in [0.1, 0.15) is 6.04 Å². The molecule has 168 valence electrons. The first kappa shape index (κ1) is 23.3. The van der Waals surface area contributed by atoms with Gasteiger partial charge in [0.2, 0.25) is 5.91 Å². The highest BCUT2D eigenvalue weighted by Gasteiger charge is 2.29. The second kappa shape index (κ2) is 10.8. The second-order valence-electron chi connectivity index (χ2n) is 8.05. The number of amides is 2. The van der Waals surface area contributed by atoms with Crippen LogP contribution in [-0.2, 0) is 18.4 Å². The summed E-state index contributed by atoms with van der Waals surface area (Å²) in [4.78, 5) is 30.1. The Kier molecular flexibility index (Phi) is 8.15. The maximum atomic E-state index is 13.2. The molecule has 1 aromatic heterocycles. The summed E-state index contributed by atoms with van der Waals surface area (Å²) >= 11 is 1.69. The molecule has 31 heavy (non-hydrogen) atoms. The zero-order valence-corrected chi connectivity index (χ0v) is 19.7. The molecule has 1 atom stereocenters. The van der Waals surface area contributed by atoms with Crippen molar-refractivity contribution < 1.29 is 9.59 Å². The van der Waals surface area contributed by atoms with E-state index in [4.69, 9.17) is 0 Å². The van der Waals surface area contributed by atoms with E-state index in [0.717, 1.165) is 31.1 Å². The van der Waals surface area contributed by atoms with Gasteiger partial charge in [-0.05, 0) is 44.4 Å². The van der Waals surface area contributed by atoms with Crippen molar-refractivity contribution in [2.24, 2.45) is 7.05 Å². The molecular weight excluding hydrogens is 410 g/mol. The highest BCUT2D eigenvalue weighted by atomic mass is 32.2. The topological polar surface area (TPSA) is 70.5 Å². The minimum atomic E-state index is -0.491. The van der Waals surface area contributed by atoms with Crippen molar-refractivity contribution >= 4 is 23.6 Å². The molecule has 0 bridgehead atoms. The van der Waals surface area contributed by atoms with Gasteiger partial charge in [0, 0.05) is 56.6 Å². The third-order valence-electron chi connectivity index (χ3n) is 5.97. The van der Waals surface area contributed by atoms with E-state index < -0.39 is 6.04 Å². The van der Waals surface area contributed by atoms with Crippen LogP contribution in [-0.4, -0.2) is 75.6 Å². The number of hydrogen-bond acceptors (Lipinski definition) is 5. The summed E-state index contributed by atoms with van der Waals surface area (Å²) in [6, 6.07) is 8.59. The van der Waals surface area contributed by atoms with Crippen molar-refractivity contribution in [3.8, 4) is 0 Å². The summed E-state index contributed by atoms with van der Waals surface area (Å²) in [7, 11) is 1.97. The number of hydrogen-bond donors (Lipinski definition) is 1. The lowest BCUT2D eigenvalue weighted by Gasteiger charge is -2.36. The number of aryl methyl sites for hydroxylation is 2. The van der Waals surface area contributed by atoms with E-state index in [-0.39, 0.29) is 11.8 Å². The molecule has 1 aliphatic heterocycles. The average Bonchev–Trinajstić information content (AvgIpc) is 3.03. The molecule has 8 heteroatoms. The zero-order chi connectivity index (χ0) is 22.4. The van der Waals surface area contributed by atoms with E-state index in [1.165, 1.54) is 11.3 Å². The van der Waals surface area contributed by atoms with E-state index in [1.54, 1.807) is 23.9 Å². The smallest absolute Gasteiger partial charge is 0.251 e. The van der Waals surface area contributed by atoms with Crippen LogP contribution in [0, 0.1) is 13.8 Å². The number of benzene rings is 1. The third-order valence-corrected chi connectivity index (χ3v) is 6.62. The van der Waals surface area contributed by atoms with Crippen LogP contribution in [0.2, 0.25) is 0 Å². The molecular formula is C23H33N5O2S. The third kappa shape index (κ3) is 5.89. The maximum absolute atomic E-state index is 13.2. The Hall–Kier alpha value is -2.32. The number of nitrogens with one attached hydrogen (secondary N) is 1. The number of piperazine rings is 1. The molecule has 1 aliphatic rings. The first-order valence-electron chi connectivity index (χ1n) is 10.8. The van der Waals surface area contributed by atoms with Gasteiger partial charge in [-0.3, -0.25) is 19.2 Å². The molecule has 1 fully saturated rings. The zero-order valence-electron chi connectivity index (χ0n) is 18.9. The lowest BCUT2D eigenvalue weighted by molar-refractivity contribution is -0.135. The molecule has 2 amide bonds. The maximum Gasteiger partial charge on any atom is 0.251 e. The summed E-state index contributed by atoms with van der Waals surface area (Å²) in [6.07, 6.45) is 2.65. The molecule has 7 nitrogen and oxygen atoms in total. The van der Waals surface area contributed by atoms with Gasteiger partial charge in [0.15, 0.2) is 0 Å². The lowest BCUT2D eigenvalue weighted by atomic mass is 10.1. The number of thioether (sulfide) groups is 1. The molecule has 2 heterocycles. The van der Waals surface area contributed by atoms with Crippen molar-refractivity contribution in [3.63, 3.8) is 0 Å². The number of carbonyl (C=O) groups excluding carboxylic acids is 2. The van der Waals surface area contributed by atoms with E-state index >= 15 is 0 Å². The number of aromatic nitrogens is 2. The monoisotopic (exact) mass is 443 g/mol. The van der Waals surface area contributed by atoms with Crippen molar-refractivity contribution in [1.82, 2.24) is 24.9 Å². The fourth-order valence-corrected chi connectivity index (χ4v) is 4.41. The number of carbonyl (C=O) groups is 2. The lowest BCUT2D eigenvalue weighted by Crippen LogP contribution is -2.55. The molecule has 1 saturated heterocycles. The number of nitrogens with zero attached hydrogens (tertiary/aromatic N) is 4. The Morgan fingerprint density at radius 1 is 1.13 bits per heavy atom. The van der Waals surface area contributed by atoms with E-state index in [0.29, 0.717) is 25.1 Å². The Bertz CT molecular complexity index is 891. The average molecular weight is 444 g/mol. The Morgan fingerprint density at radius 2 is 1.81 bits per heavy atom. The van der Waals surface area contributed by atoms with Crippen LogP contribution >= 0.6 is 11.8 Å². The first-order valence-corrected chi connectivity index (χ1v) is 12.1. The normalized spacial score (nSPS) is 15.7. The van der Waals surface area contributed by atoms with Crippen LogP contribution in [0.4, 0.5) is 0 Å². The summed E-state index contributed by atoms with van der Waals surface area (Å²) in [6.45, 7) is 7.99. The quantitative estimate of drug-likeness (QED) is 0.678. The fraction of sp³-hybridized carbons (Fsp3) is 0.522. The SMILES string of the molecule is CSCCC(NC(=O)c1ccccc1)C(=O)N1CCN(Cc2c(C)nn(C)c2C)CC1. The standard InChI is InChI=1S/C23H33N5O2S/c1-17-20(18(2)26(3)25-17)16-27-11-13-28(14-12-27)23(30)21(10-15-31-4)24-22(29)19-8-6-5-7-9-19/h5-9,21H,10-16H2,1-4H3,(H,24,29). The summed E-state index contributed by atoms with van der Waals surface area (Å²) in [5.74, 6) is 0.651. The summed E-state index contributed by atoms with van der Waals surface area (Å²) in [5.41, 5.74) is 4.11. The van der Waals surface area contributed by atoms with Gasteiger partial charge in [-0.15, -0.1) is 0 Å². The van der Waals surface area contributed by atoms with Crippen LogP contribution < -0.4 is 5.32 Å². The van der Waals surface area contributed by atoms with Crippen molar-refractivity contribution in [2.45, 2.75) is 32.9 Å². The van der Waals surface area contributed by atoms with Crippen LogP contribution in [0.15, 0.2) is 30.3 Å². The summed E-state index contributed by atoms with van der Waals surface area (Å²) in [5, 5.41) is 7.47.